The Morgan fingerprint density at radius 1 is 1.18 bits per heavy atom. The zero-order valence-electron chi connectivity index (χ0n) is 14.9. The molecule has 6 heteroatoms. The number of nitrogens with zero attached hydrogens (tertiary/aromatic N) is 3. The summed E-state index contributed by atoms with van der Waals surface area (Å²) in [7, 11) is 0. The topological polar surface area (TPSA) is 97.8 Å². The second-order valence-corrected chi connectivity index (χ2v) is 6.30. The first-order chi connectivity index (χ1) is 13.6. The molecular weight excluding hydrogens is 352 g/mol. The number of benzene rings is 2. The fourth-order valence-electron chi connectivity index (χ4n) is 3.00. The van der Waals surface area contributed by atoms with Crippen molar-refractivity contribution in [3.63, 3.8) is 0 Å². The minimum atomic E-state index is -0.783. The summed E-state index contributed by atoms with van der Waals surface area (Å²) in [6, 6.07) is 21.2. The Morgan fingerprint density at radius 2 is 1.93 bits per heavy atom. The van der Waals surface area contributed by atoms with Gasteiger partial charge in [0.05, 0.1) is 6.54 Å². The van der Waals surface area contributed by atoms with Crippen LogP contribution in [0.4, 0.5) is 0 Å². The molecular formula is C22H16N4O2. The second kappa shape index (κ2) is 7.25. The molecule has 0 spiro atoms. The molecule has 0 aliphatic rings. The number of hydrogen-bond acceptors (Lipinski definition) is 4. The molecule has 0 aliphatic carbocycles. The second-order valence-electron chi connectivity index (χ2n) is 6.30. The predicted octanol–water partition coefficient (Wildman–Crippen LogP) is 3.74. The molecule has 0 atom stereocenters. The Hall–Kier alpha value is -4.11. The van der Waals surface area contributed by atoms with E-state index in [1.807, 2.05) is 66.7 Å². The lowest BCUT2D eigenvalue weighted by atomic mass is 10.1. The fourth-order valence-corrected chi connectivity index (χ4v) is 3.00. The van der Waals surface area contributed by atoms with E-state index in [1.165, 1.54) is 6.08 Å². The van der Waals surface area contributed by atoms with E-state index in [4.69, 9.17) is 10.2 Å². The minimum absolute atomic E-state index is 0.142. The van der Waals surface area contributed by atoms with E-state index in [1.54, 1.807) is 10.9 Å². The smallest absolute Gasteiger partial charge is 0.259 e. The monoisotopic (exact) mass is 368 g/mol. The molecule has 0 saturated heterocycles. The maximum Gasteiger partial charge on any atom is 0.259 e. The molecule has 0 aliphatic heterocycles. The third kappa shape index (κ3) is 3.41. The van der Waals surface area contributed by atoms with Crippen LogP contribution >= 0.6 is 0 Å². The first-order valence-electron chi connectivity index (χ1n) is 8.66. The van der Waals surface area contributed by atoms with Gasteiger partial charge in [-0.15, -0.1) is 0 Å². The molecule has 2 N–H and O–H groups in total. The number of carbonyl (C=O) groups excluding carboxylic acids is 1. The van der Waals surface area contributed by atoms with Gasteiger partial charge in [0, 0.05) is 17.1 Å². The highest BCUT2D eigenvalue weighted by molar-refractivity contribution is 6.01. The van der Waals surface area contributed by atoms with Gasteiger partial charge in [0.25, 0.3) is 5.91 Å². The van der Waals surface area contributed by atoms with Gasteiger partial charge in [0.2, 0.25) is 0 Å². The van der Waals surface area contributed by atoms with Gasteiger partial charge in [-0.3, -0.25) is 9.48 Å². The van der Waals surface area contributed by atoms with Crippen LogP contribution < -0.4 is 5.73 Å². The lowest BCUT2D eigenvalue weighted by Gasteiger charge is -2.00. The van der Waals surface area contributed by atoms with Crippen LogP contribution in [0.5, 0.6) is 0 Å². The van der Waals surface area contributed by atoms with Gasteiger partial charge in [-0.1, -0.05) is 48.5 Å². The van der Waals surface area contributed by atoms with Crippen molar-refractivity contribution in [2.45, 2.75) is 6.54 Å². The van der Waals surface area contributed by atoms with Crippen LogP contribution in [0.3, 0.4) is 0 Å². The molecule has 0 radical (unpaired) electrons. The van der Waals surface area contributed by atoms with Gasteiger partial charge in [-0.05, 0) is 23.8 Å². The van der Waals surface area contributed by atoms with Crippen LogP contribution in [0.2, 0.25) is 0 Å². The largest absolute Gasteiger partial charge is 0.454 e. The number of amides is 1. The maximum absolute atomic E-state index is 11.5. The van der Waals surface area contributed by atoms with Crippen LogP contribution in [-0.4, -0.2) is 15.7 Å². The summed E-state index contributed by atoms with van der Waals surface area (Å²) in [5.41, 5.74) is 8.10. The van der Waals surface area contributed by atoms with Crippen molar-refractivity contribution in [3.05, 3.63) is 83.6 Å². The third-order valence-corrected chi connectivity index (χ3v) is 4.32. The van der Waals surface area contributed by atoms with Crippen molar-refractivity contribution in [2.75, 3.05) is 0 Å². The maximum atomic E-state index is 11.5. The van der Waals surface area contributed by atoms with Crippen LogP contribution in [0.15, 0.2) is 76.9 Å². The number of nitrogens with two attached hydrogens (primary N) is 1. The number of aromatic nitrogens is 2. The summed E-state index contributed by atoms with van der Waals surface area (Å²) >= 11 is 0. The van der Waals surface area contributed by atoms with E-state index in [9.17, 15) is 10.1 Å². The van der Waals surface area contributed by atoms with E-state index >= 15 is 0 Å². The number of furan rings is 1. The van der Waals surface area contributed by atoms with Crippen molar-refractivity contribution in [1.82, 2.24) is 9.78 Å². The number of para-hydroxylation sites is 1. The molecule has 1 amide bonds. The fraction of sp³-hybridized carbons (Fsp3) is 0.0455. The number of fused-ring (bicyclic) bond motifs is 1. The number of hydrogen-bond donors (Lipinski definition) is 1. The Balaban J connectivity index is 1.82. The molecule has 0 saturated carbocycles. The van der Waals surface area contributed by atoms with Gasteiger partial charge < -0.3 is 10.2 Å². The SMILES string of the molecule is N#C/C(=C\c1cn(Cc2ccccc2)nc1-c1cc2ccccc2o1)C(N)=O. The van der Waals surface area contributed by atoms with Crippen molar-refractivity contribution >= 4 is 23.0 Å². The summed E-state index contributed by atoms with van der Waals surface area (Å²) < 4.78 is 7.68. The molecule has 0 bridgehead atoms. The van der Waals surface area contributed by atoms with Crippen molar-refractivity contribution in [2.24, 2.45) is 5.73 Å². The summed E-state index contributed by atoms with van der Waals surface area (Å²) in [5, 5.41) is 14.8. The highest BCUT2D eigenvalue weighted by atomic mass is 16.3. The lowest BCUT2D eigenvalue weighted by Crippen LogP contribution is -2.12. The van der Waals surface area contributed by atoms with Crippen LogP contribution in [0, 0.1) is 11.3 Å². The molecule has 0 unspecified atom stereocenters. The minimum Gasteiger partial charge on any atom is -0.454 e. The molecule has 28 heavy (non-hydrogen) atoms. The summed E-state index contributed by atoms with van der Waals surface area (Å²) in [6.07, 6.45) is 3.22. The van der Waals surface area contributed by atoms with Crippen molar-refractivity contribution in [3.8, 4) is 17.5 Å². The van der Waals surface area contributed by atoms with E-state index in [0.29, 0.717) is 23.6 Å². The molecule has 2 aromatic heterocycles. The zero-order chi connectivity index (χ0) is 19.5. The van der Waals surface area contributed by atoms with Gasteiger partial charge in [0.15, 0.2) is 5.76 Å². The molecule has 6 nitrogen and oxygen atoms in total. The van der Waals surface area contributed by atoms with Gasteiger partial charge in [0.1, 0.15) is 22.9 Å². The normalized spacial score (nSPS) is 11.5. The molecule has 136 valence electrons. The Labute approximate surface area is 161 Å². The lowest BCUT2D eigenvalue weighted by molar-refractivity contribution is -0.114. The van der Waals surface area contributed by atoms with E-state index < -0.39 is 5.91 Å². The van der Waals surface area contributed by atoms with Gasteiger partial charge in [-0.25, -0.2) is 0 Å². The third-order valence-electron chi connectivity index (χ3n) is 4.32. The first kappa shape index (κ1) is 17.3. The van der Waals surface area contributed by atoms with Gasteiger partial charge >= 0.3 is 0 Å². The van der Waals surface area contributed by atoms with Crippen LogP contribution in [0.25, 0.3) is 28.5 Å². The number of primary amides is 1. The number of nitriles is 1. The molecule has 2 aromatic carbocycles. The molecule has 0 fully saturated rings. The Bertz CT molecular complexity index is 1190. The highest BCUT2D eigenvalue weighted by Gasteiger charge is 2.16. The average Bonchev–Trinajstić information content (AvgIpc) is 3.30. The zero-order valence-corrected chi connectivity index (χ0v) is 14.9. The van der Waals surface area contributed by atoms with Crippen LogP contribution in [-0.2, 0) is 11.3 Å². The van der Waals surface area contributed by atoms with E-state index in [0.717, 1.165) is 16.5 Å². The number of carbonyl (C=O) groups is 1. The first-order valence-corrected chi connectivity index (χ1v) is 8.66. The highest BCUT2D eigenvalue weighted by Crippen LogP contribution is 2.30. The van der Waals surface area contributed by atoms with E-state index in [-0.39, 0.29) is 5.57 Å². The molecule has 4 aromatic rings. The van der Waals surface area contributed by atoms with E-state index in [2.05, 4.69) is 5.10 Å². The summed E-state index contributed by atoms with van der Waals surface area (Å²) in [5.74, 6) is -0.227. The average molecular weight is 368 g/mol. The van der Waals surface area contributed by atoms with Crippen LogP contribution in [0.1, 0.15) is 11.1 Å². The Kier molecular flexibility index (Phi) is 4.48. The van der Waals surface area contributed by atoms with Gasteiger partial charge in [-0.2, -0.15) is 10.4 Å². The molecule has 2 heterocycles. The Morgan fingerprint density at radius 3 is 2.64 bits per heavy atom. The quantitative estimate of drug-likeness (QED) is 0.428. The molecule has 4 rings (SSSR count). The predicted molar refractivity (Wildman–Crippen MR) is 106 cm³/mol. The number of rotatable bonds is 5. The van der Waals surface area contributed by atoms with Crippen molar-refractivity contribution in [1.29, 1.82) is 5.26 Å². The van der Waals surface area contributed by atoms with Crippen molar-refractivity contribution < 1.29 is 9.21 Å². The summed E-state index contributed by atoms with van der Waals surface area (Å²) in [6.45, 7) is 0.542. The standard InChI is InChI=1S/C22H16N4O2/c23-12-17(22(24)27)10-18-14-26(13-15-6-2-1-3-7-15)25-21(18)20-11-16-8-4-5-9-19(16)28-20/h1-11,14H,13H2,(H2,24,27)/b17-10+. The summed E-state index contributed by atoms with van der Waals surface area (Å²) in [4.78, 5) is 11.5.